The molecule has 4 aromatic rings. The van der Waals surface area contributed by atoms with Gasteiger partial charge >= 0.3 is 6.36 Å². The minimum absolute atomic E-state index is 0.0106. The molecule has 0 unspecified atom stereocenters. The first kappa shape index (κ1) is 27.5. The largest absolute Gasteiger partial charge is 0.573 e. The van der Waals surface area contributed by atoms with Crippen LogP contribution in [0.3, 0.4) is 0 Å². The van der Waals surface area contributed by atoms with Gasteiger partial charge in [0.25, 0.3) is 5.91 Å². The van der Waals surface area contributed by atoms with Gasteiger partial charge in [-0.3, -0.25) is 9.48 Å². The molecule has 0 bridgehead atoms. The topological polar surface area (TPSA) is 123 Å². The van der Waals surface area contributed by atoms with Gasteiger partial charge < -0.3 is 20.4 Å². The smallest absolute Gasteiger partial charge is 0.406 e. The molecule has 0 saturated carbocycles. The Morgan fingerprint density at radius 2 is 1.93 bits per heavy atom. The van der Waals surface area contributed by atoms with Crippen molar-refractivity contribution in [2.45, 2.75) is 57.5 Å². The number of nitrogens with one attached hydrogen (secondary N) is 3. The maximum Gasteiger partial charge on any atom is 0.573 e. The number of hydrogen-bond acceptors (Lipinski definition) is 7. The lowest BCUT2D eigenvalue weighted by Gasteiger charge is -2.21. The molecule has 0 aliphatic carbocycles. The van der Waals surface area contributed by atoms with Crippen LogP contribution in [0, 0.1) is 5.82 Å². The van der Waals surface area contributed by atoms with E-state index in [0.717, 1.165) is 80.1 Å². The van der Waals surface area contributed by atoms with Crippen molar-refractivity contribution in [3.8, 4) is 5.75 Å². The molecular formula is C26H28F4N8O2. The van der Waals surface area contributed by atoms with Crippen molar-refractivity contribution in [1.29, 1.82) is 0 Å². The normalized spacial score (nSPS) is 14.5. The lowest BCUT2D eigenvalue weighted by Crippen LogP contribution is -2.26. The van der Waals surface area contributed by atoms with Crippen LogP contribution in [0.5, 0.6) is 5.75 Å². The van der Waals surface area contributed by atoms with Crippen LogP contribution < -0.4 is 15.4 Å². The number of halogens is 4. The number of aromatic amines is 1. The number of carbonyl (C=O) groups is 1. The quantitative estimate of drug-likeness (QED) is 0.198. The lowest BCUT2D eigenvalue weighted by molar-refractivity contribution is -0.274. The summed E-state index contributed by atoms with van der Waals surface area (Å²) in [5.74, 6) is -1.48. The standard InChI is InChI=1S/C26H28F4N8O2/c27-21-5-4-20(40-26(28,29)30)12-18(21)14-32-25(39)23-15-38(37-35-23)10-2-1-3-19-11-17-13-22(33-24(17)36-34-19)16-6-8-31-9-7-16/h4-5,11-13,15-16,31H,1-3,6-10,14H2,(H,32,39)(H,33,36). The SMILES string of the molecule is O=C(NCc1cc(OC(F)(F)F)ccc1F)c1cn(CCCCc2cc3cc(C4CCNCC4)[nH]c3nn2)nn1. The van der Waals surface area contributed by atoms with Gasteiger partial charge in [0.2, 0.25) is 0 Å². The molecule has 0 radical (unpaired) electrons. The number of hydrogen-bond donors (Lipinski definition) is 3. The summed E-state index contributed by atoms with van der Waals surface area (Å²) in [4.78, 5) is 15.8. The third kappa shape index (κ3) is 7.11. The molecule has 212 valence electrons. The number of fused-ring (bicyclic) bond motifs is 1. The fourth-order valence-electron chi connectivity index (χ4n) is 4.71. The van der Waals surface area contributed by atoms with Crippen molar-refractivity contribution in [2.75, 3.05) is 13.1 Å². The molecule has 1 aromatic carbocycles. The minimum Gasteiger partial charge on any atom is -0.406 e. The zero-order valence-corrected chi connectivity index (χ0v) is 21.5. The zero-order chi connectivity index (χ0) is 28.1. The fourth-order valence-corrected chi connectivity index (χ4v) is 4.71. The summed E-state index contributed by atoms with van der Waals surface area (Å²) in [6.45, 7) is 2.21. The number of amides is 1. The van der Waals surface area contributed by atoms with Crippen molar-refractivity contribution in [1.82, 2.24) is 40.8 Å². The highest BCUT2D eigenvalue weighted by molar-refractivity contribution is 5.91. The molecule has 5 rings (SSSR count). The van der Waals surface area contributed by atoms with E-state index >= 15 is 0 Å². The zero-order valence-electron chi connectivity index (χ0n) is 21.5. The Bertz CT molecular complexity index is 1460. The van der Waals surface area contributed by atoms with E-state index in [1.54, 1.807) is 0 Å². The maximum atomic E-state index is 14.0. The predicted molar refractivity (Wildman–Crippen MR) is 136 cm³/mol. The summed E-state index contributed by atoms with van der Waals surface area (Å²) in [6, 6.07) is 6.82. The number of rotatable bonds is 10. The Morgan fingerprint density at radius 3 is 2.73 bits per heavy atom. The Kier molecular flexibility index (Phi) is 8.24. The van der Waals surface area contributed by atoms with Gasteiger partial charge in [-0.1, -0.05) is 5.21 Å². The van der Waals surface area contributed by atoms with E-state index in [9.17, 15) is 22.4 Å². The molecule has 4 heterocycles. The van der Waals surface area contributed by atoms with Gasteiger partial charge in [0.15, 0.2) is 11.3 Å². The number of H-pyrrole nitrogens is 1. The Morgan fingerprint density at radius 1 is 1.10 bits per heavy atom. The first-order valence-corrected chi connectivity index (χ1v) is 13.0. The van der Waals surface area contributed by atoms with E-state index in [1.807, 2.05) is 0 Å². The van der Waals surface area contributed by atoms with E-state index in [2.05, 4.69) is 53.0 Å². The number of unbranched alkanes of at least 4 members (excludes halogenated alkanes) is 1. The highest BCUT2D eigenvalue weighted by Gasteiger charge is 2.31. The molecule has 0 atom stereocenters. The van der Waals surface area contributed by atoms with Crippen molar-refractivity contribution in [3.05, 3.63) is 65.0 Å². The van der Waals surface area contributed by atoms with Crippen LogP contribution >= 0.6 is 0 Å². The summed E-state index contributed by atoms with van der Waals surface area (Å²) < 4.78 is 56.5. The number of aromatic nitrogens is 6. The van der Waals surface area contributed by atoms with Crippen LogP contribution in [0.15, 0.2) is 36.5 Å². The lowest BCUT2D eigenvalue weighted by atomic mass is 9.95. The highest BCUT2D eigenvalue weighted by atomic mass is 19.4. The molecule has 14 heteroatoms. The van der Waals surface area contributed by atoms with Gasteiger partial charge in [-0.15, -0.1) is 23.4 Å². The molecule has 3 aromatic heterocycles. The summed E-state index contributed by atoms with van der Waals surface area (Å²) in [6.07, 6.45) is 1.08. The number of carbonyl (C=O) groups excluding carboxylic acids is 1. The number of piperidine rings is 1. The molecule has 1 amide bonds. The van der Waals surface area contributed by atoms with Gasteiger partial charge in [0.1, 0.15) is 11.6 Å². The van der Waals surface area contributed by atoms with E-state index in [0.29, 0.717) is 12.5 Å². The van der Waals surface area contributed by atoms with Gasteiger partial charge in [0.05, 0.1) is 11.9 Å². The first-order valence-electron chi connectivity index (χ1n) is 13.0. The van der Waals surface area contributed by atoms with Crippen molar-refractivity contribution in [2.24, 2.45) is 0 Å². The van der Waals surface area contributed by atoms with Gasteiger partial charge in [-0.05, 0) is 75.5 Å². The highest BCUT2D eigenvalue weighted by Crippen LogP contribution is 2.27. The molecule has 10 nitrogen and oxygen atoms in total. The molecular weight excluding hydrogens is 532 g/mol. The number of nitrogens with zero attached hydrogens (tertiary/aromatic N) is 5. The average Bonchev–Trinajstić information content (AvgIpc) is 3.58. The van der Waals surface area contributed by atoms with Crippen molar-refractivity contribution >= 4 is 16.9 Å². The monoisotopic (exact) mass is 560 g/mol. The molecule has 40 heavy (non-hydrogen) atoms. The van der Waals surface area contributed by atoms with Crippen LogP contribution in [-0.2, 0) is 19.5 Å². The Balaban J connectivity index is 1.08. The third-order valence-electron chi connectivity index (χ3n) is 6.76. The fraction of sp³-hybridized carbons (Fsp3) is 0.423. The van der Waals surface area contributed by atoms with E-state index in [1.165, 1.54) is 16.6 Å². The second-order valence-electron chi connectivity index (χ2n) is 9.70. The van der Waals surface area contributed by atoms with Crippen molar-refractivity contribution in [3.63, 3.8) is 0 Å². The average molecular weight is 561 g/mol. The summed E-state index contributed by atoms with van der Waals surface area (Å²) >= 11 is 0. The first-order chi connectivity index (χ1) is 19.2. The van der Waals surface area contributed by atoms with Crippen LogP contribution in [0.4, 0.5) is 17.6 Å². The summed E-state index contributed by atoms with van der Waals surface area (Å²) in [5, 5.41) is 23.3. The number of ether oxygens (including phenoxy) is 1. The molecule has 3 N–H and O–H groups in total. The summed E-state index contributed by atoms with van der Waals surface area (Å²) in [7, 11) is 0. The Hall–Kier alpha value is -4.07. The van der Waals surface area contributed by atoms with Crippen LogP contribution in [0.2, 0.25) is 0 Å². The third-order valence-corrected chi connectivity index (χ3v) is 6.76. The molecule has 1 saturated heterocycles. The van der Waals surface area contributed by atoms with Gasteiger partial charge in [0, 0.05) is 35.7 Å². The maximum absolute atomic E-state index is 14.0. The van der Waals surface area contributed by atoms with Crippen LogP contribution in [0.1, 0.15) is 59.0 Å². The van der Waals surface area contributed by atoms with E-state index in [4.69, 9.17) is 0 Å². The Labute approximate surface area is 226 Å². The van der Waals surface area contributed by atoms with E-state index in [-0.39, 0.29) is 17.8 Å². The molecule has 1 aliphatic heterocycles. The van der Waals surface area contributed by atoms with Crippen LogP contribution in [0.25, 0.3) is 11.0 Å². The predicted octanol–water partition coefficient (Wildman–Crippen LogP) is 4.01. The minimum atomic E-state index is -4.91. The van der Waals surface area contributed by atoms with Gasteiger partial charge in [-0.2, -0.15) is 5.10 Å². The number of alkyl halides is 3. The van der Waals surface area contributed by atoms with Crippen LogP contribution in [-0.4, -0.2) is 55.5 Å². The molecule has 1 aliphatic rings. The second kappa shape index (κ2) is 12.0. The summed E-state index contributed by atoms with van der Waals surface area (Å²) in [5.41, 5.74) is 2.76. The molecule has 0 spiro atoms. The number of aryl methyl sites for hydroxylation is 2. The van der Waals surface area contributed by atoms with Crippen molar-refractivity contribution < 1.29 is 27.1 Å². The van der Waals surface area contributed by atoms with Gasteiger partial charge in [-0.25, -0.2) is 4.39 Å². The number of benzene rings is 1. The molecule has 1 fully saturated rings. The second-order valence-corrected chi connectivity index (χ2v) is 9.70. The van der Waals surface area contributed by atoms with E-state index < -0.39 is 23.8 Å².